The zero-order chi connectivity index (χ0) is 15.4. The van der Waals surface area contributed by atoms with E-state index in [1.54, 1.807) is 45.4 Å². The third kappa shape index (κ3) is 1.75. The van der Waals surface area contributed by atoms with Gasteiger partial charge in [-0.1, -0.05) is 11.6 Å². The minimum atomic E-state index is -0.213. The van der Waals surface area contributed by atoms with E-state index in [2.05, 4.69) is 26.0 Å². The molecule has 0 aliphatic rings. The number of benzene rings is 1. The molecule has 0 N–H and O–H groups in total. The molecule has 3 aromatic heterocycles. The summed E-state index contributed by atoms with van der Waals surface area (Å²) in [4.78, 5) is 17.0. The van der Waals surface area contributed by atoms with Crippen LogP contribution in [0.2, 0.25) is 5.02 Å². The highest BCUT2D eigenvalue weighted by atomic mass is 79.9. The molecule has 3 heterocycles. The van der Waals surface area contributed by atoms with Crippen LogP contribution in [0.1, 0.15) is 0 Å². The number of rotatable bonds is 1. The van der Waals surface area contributed by atoms with E-state index in [1.807, 2.05) is 12.1 Å². The fourth-order valence-corrected chi connectivity index (χ4v) is 3.07. The van der Waals surface area contributed by atoms with Crippen LogP contribution >= 0.6 is 27.5 Å². The van der Waals surface area contributed by atoms with E-state index < -0.39 is 0 Å². The number of halogens is 2. The summed E-state index contributed by atoms with van der Waals surface area (Å²) >= 11 is 9.63. The first kappa shape index (κ1) is 13.5. The molecular weight excluding hydrogens is 370 g/mol. The van der Waals surface area contributed by atoms with Crippen molar-refractivity contribution in [3.8, 4) is 5.82 Å². The Kier molecular flexibility index (Phi) is 2.88. The molecule has 4 aromatic rings. The maximum absolute atomic E-state index is 12.8. The number of nitrogens with zero attached hydrogens (tertiary/aromatic N) is 5. The molecule has 22 heavy (non-hydrogen) atoms. The van der Waals surface area contributed by atoms with Gasteiger partial charge in [0, 0.05) is 30.0 Å². The standard InChI is InChI=1S/C14H9BrClN5O/c1-19-12(2-3-18-19)21-11-6-8(15)9(16)7-10(11)20-5-4-17-13(20)14(21)22/h2-7H,1H3. The quantitative estimate of drug-likeness (QED) is 0.512. The Morgan fingerprint density at radius 3 is 2.77 bits per heavy atom. The van der Waals surface area contributed by atoms with Crippen LogP contribution in [0.4, 0.5) is 0 Å². The number of fused-ring (bicyclic) bond motifs is 3. The summed E-state index contributed by atoms with van der Waals surface area (Å²) < 4.78 is 5.69. The second-order valence-electron chi connectivity index (χ2n) is 4.83. The van der Waals surface area contributed by atoms with Crippen molar-refractivity contribution in [1.29, 1.82) is 0 Å². The molecule has 110 valence electrons. The van der Waals surface area contributed by atoms with Gasteiger partial charge in [0.1, 0.15) is 5.82 Å². The summed E-state index contributed by atoms with van der Waals surface area (Å²) in [5.74, 6) is 0.662. The van der Waals surface area contributed by atoms with Crippen LogP contribution in [0, 0.1) is 0 Å². The lowest BCUT2D eigenvalue weighted by atomic mass is 10.3. The average Bonchev–Trinajstić information content (AvgIpc) is 3.11. The zero-order valence-corrected chi connectivity index (χ0v) is 13.7. The minimum absolute atomic E-state index is 0.213. The number of aromatic nitrogens is 5. The second-order valence-corrected chi connectivity index (χ2v) is 6.09. The summed E-state index contributed by atoms with van der Waals surface area (Å²) in [5.41, 5.74) is 1.64. The molecule has 0 saturated carbocycles. The largest absolute Gasteiger partial charge is 0.300 e. The van der Waals surface area contributed by atoms with Gasteiger partial charge in [0.25, 0.3) is 5.56 Å². The number of hydrogen-bond acceptors (Lipinski definition) is 3. The Hall–Kier alpha value is -2.12. The molecule has 0 aliphatic carbocycles. The highest BCUT2D eigenvalue weighted by Crippen LogP contribution is 2.29. The summed E-state index contributed by atoms with van der Waals surface area (Å²) in [5, 5.41) is 4.71. The first-order chi connectivity index (χ1) is 10.6. The second kappa shape index (κ2) is 4.69. The van der Waals surface area contributed by atoms with E-state index in [0.29, 0.717) is 16.5 Å². The van der Waals surface area contributed by atoms with E-state index >= 15 is 0 Å². The van der Waals surface area contributed by atoms with E-state index in [4.69, 9.17) is 11.6 Å². The van der Waals surface area contributed by atoms with Gasteiger partial charge in [0.2, 0.25) is 5.65 Å². The predicted octanol–water partition coefficient (Wildman–Crippen LogP) is 2.79. The van der Waals surface area contributed by atoms with Gasteiger partial charge >= 0.3 is 0 Å². The summed E-state index contributed by atoms with van der Waals surface area (Å²) in [7, 11) is 1.79. The van der Waals surface area contributed by atoms with Crippen molar-refractivity contribution in [2.45, 2.75) is 0 Å². The fourth-order valence-electron chi connectivity index (χ4n) is 2.58. The maximum Gasteiger partial charge on any atom is 0.300 e. The lowest BCUT2D eigenvalue weighted by molar-refractivity contribution is 0.729. The molecule has 0 radical (unpaired) electrons. The molecular formula is C14H9BrClN5O. The van der Waals surface area contributed by atoms with Gasteiger partial charge in [-0.05, 0) is 28.1 Å². The molecule has 0 atom stereocenters. The number of hydrogen-bond donors (Lipinski definition) is 0. The lowest BCUT2D eigenvalue weighted by Gasteiger charge is -2.13. The van der Waals surface area contributed by atoms with Crippen LogP contribution in [0.15, 0.2) is 46.1 Å². The van der Waals surface area contributed by atoms with Crippen molar-refractivity contribution in [2.24, 2.45) is 7.05 Å². The van der Waals surface area contributed by atoms with Crippen LogP contribution in [-0.4, -0.2) is 23.7 Å². The summed E-state index contributed by atoms with van der Waals surface area (Å²) in [6, 6.07) is 5.41. The van der Waals surface area contributed by atoms with Crippen molar-refractivity contribution < 1.29 is 0 Å². The van der Waals surface area contributed by atoms with Crippen molar-refractivity contribution in [2.75, 3.05) is 0 Å². The van der Waals surface area contributed by atoms with Gasteiger partial charge < -0.3 is 0 Å². The first-order valence-electron chi connectivity index (χ1n) is 6.43. The van der Waals surface area contributed by atoms with E-state index in [9.17, 15) is 4.79 Å². The molecule has 0 bridgehead atoms. The zero-order valence-electron chi connectivity index (χ0n) is 11.4. The number of imidazole rings is 1. The number of aryl methyl sites for hydroxylation is 1. The first-order valence-corrected chi connectivity index (χ1v) is 7.60. The molecule has 0 spiro atoms. The molecule has 6 nitrogen and oxygen atoms in total. The maximum atomic E-state index is 12.8. The van der Waals surface area contributed by atoms with Crippen LogP contribution in [-0.2, 0) is 7.05 Å². The van der Waals surface area contributed by atoms with Crippen LogP contribution < -0.4 is 5.56 Å². The van der Waals surface area contributed by atoms with Gasteiger partial charge in [0.05, 0.1) is 22.3 Å². The molecule has 4 rings (SSSR count). The van der Waals surface area contributed by atoms with Gasteiger partial charge in [-0.15, -0.1) is 0 Å². The Morgan fingerprint density at radius 1 is 1.23 bits per heavy atom. The Morgan fingerprint density at radius 2 is 2.05 bits per heavy atom. The van der Waals surface area contributed by atoms with Crippen molar-refractivity contribution in [3.05, 3.63) is 56.6 Å². The minimum Gasteiger partial charge on any atom is -0.293 e. The monoisotopic (exact) mass is 377 g/mol. The summed E-state index contributed by atoms with van der Waals surface area (Å²) in [6.45, 7) is 0. The topological polar surface area (TPSA) is 57.1 Å². The molecule has 0 unspecified atom stereocenters. The SMILES string of the molecule is Cn1nccc1-n1c(=O)c2nccn2c2cc(Cl)c(Br)cc21. The smallest absolute Gasteiger partial charge is 0.293 e. The van der Waals surface area contributed by atoms with Crippen LogP contribution in [0.5, 0.6) is 0 Å². The van der Waals surface area contributed by atoms with Gasteiger partial charge in [-0.25, -0.2) is 4.98 Å². The van der Waals surface area contributed by atoms with Gasteiger partial charge in [-0.2, -0.15) is 5.10 Å². The summed E-state index contributed by atoms with van der Waals surface area (Å²) in [6.07, 6.45) is 4.99. The Balaban J connectivity index is 2.31. The normalized spacial score (nSPS) is 11.6. The average molecular weight is 379 g/mol. The molecule has 1 aromatic carbocycles. The molecule has 0 saturated heterocycles. The predicted molar refractivity (Wildman–Crippen MR) is 87.8 cm³/mol. The highest BCUT2D eigenvalue weighted by molar-refractivity contribution is 9.10. The third-order valence-corrected chi connectivity index (χ3v) is 4.77. The lowest BCUT2D eigenvalue weighted by Crippen LogP contribution is -2.23. The molecule has 0 fully saturated rings. The molecule has 8 heteroatoms. The fraction of sp³-hybridized carbons (Fsp3) is 0.0714. The van der Waals surface area contributed by atoms with E-state index in [-0.39, 0.29) is 5.56 Å². The highest BCUT2D eigenvalue weighted by Gasteiger charge is 2.16. The van der Waals surface area contributed by atoms with Crippen molar-refractivity contribution in [1.82, 2.24) is 23.7 Å². The molecule has 0 amide bonds. The Bertz CT molecular complexity index is 1090. The van der Waals surface area contributed by atoms with Crippen molar-refractivity contribution >= 4 is 44.2 Å². The van der Waals surface area contributed by atoms with Crippen molar-refractivity contribution in [3.63, 3.8) is 0 Å². The van der Waals surface area contributed by atoms with E-state index in [1.165, 1.54) is 0 Å². The Labute approximate surface area is 137 Å². The third-order valence-electron chi connectivity index (χ3n) is 3.58. The van der Waals surface area contributed by atoms with E-state index in [0.717, 1.165) is 15.5 Å². The van der Waals surface area contributed by atoms with Crippen LogP contribution in [0.25, 0.3) is 22.5 Å². The van der Waals surface area contributed by atoms with Gasteiger partial charge in [0.15, 0.2) is 0 Å². The molecule has 0 aliphatic heterocycles. The van der Waals surface area contributed by atoms with Crippen LogP contribution in [0.3, 0.4) is 0 Å². The van der Waals surface area contributed by atoms with Gasteiger partial charge in [-0.3, -0.25) is 18.4 Å².